The summed E-state index contributed by atoms with van der Waals surface area (Å²) in [7, 11) is 0. The molecule has 1 aliphatic carbocycles. The zero-order valence-electron chi connectivity index (χ0n) is 11.3. The van der Waals surface area contributed by atoms with Crippen LogP contribution in [0.5, 0.6) is 0 Å². The summed E-state index contributed by atoms with van der Waals surface area (Å²) in [6, 6.07) is 0. The van der Waals surface area contributed by atoms with Crippen molar-refractivity contribution in [1.82, 2.24) is 4.90 Å². The van der Waals surface area contributed by atoms with Crippen LogP contribution in [0.1, 0.15) is 38.5 Å². The first-order chi connectivity index (χ1) is 8.81. The maximum Gasteiger partial charge on any atom is 0.248 e. The summed E-state index contributed by atoms with van der Waals surface area (Å²) in [5.41, 5.74) is 5.79. The van der Waals surface area contributed by atoms with Gasteiger partial charge in [0, 0.05) is 13.1 Å². The van der Waals surface area contributed by atoms with E-state index in [1.54, 1.807) is 0 Å². The Morgan fingerprint density at radius 2 is 1.78 bits per heavy atom. The van der Waals surface area contributed by atoms with E-state index in [1.165, 1.54) is 25.7 Å². The highest BCUT2D eigenvalue weighted by Gasteiger charge is 2.25. The summed E-state index contributed by atoms with van der Waals surface area (Å²) in [5, 5.41) is 0. The molecule has 4 nitrogen and oxygen atoms in total. The number of carbonyl (C=O) groups is 1. The summed E-state index contributed by atoms with van der Waals surface area (Å²) < 4.78 is 5.63. The van der Waals surface area contributed by atoms with E-state index in [-0.39, 0.29) is 12.5 Å². The molecule has 4 heteroatoms. The van der Waals surface area contributed by atoms with Crippen molar-refractivity contribution < 1.29 is 9.53 Å². The Kier molecular flexibility index (Phi) is 5.45. The zero-order chi connectivity index (χ0) is 12.8. The van der Waals surface area contributed by atoms with Crippen LogP contribution in [0.4, 0.5) is 0 Å². The Hall–Kier alpha value is -0.610. The van der Waals surface area contributed by atoms with E-state index < -0.39 is 0 Å². The molecule has 0 aromatic rings. The minimum atomic E-state index is 0.160. The smallest absolute Gasteiger partial charge is 0.248 e. The number of rotatable bonds is 5. The number of carbonyl (C=O) groups excluding carboxylic acids is 1. The van der Waals surface area contributed by atoms with Crippen LogP contribution < -0.4 is 5.73 Å². The minimum absolute atomic E-state index is 0.160. The second-order valence-electron chi connectivity index (χ2n) is 5.64. The summed E-state index contributed by atoms with van der Waals surface area (Å²) in [4.78, 5) is 13.7. The zero-order valence-corrected chi connectivity index (χ0v) is 11.3. The molecule has 2 unspecified atom stereocenters. The predicted molar refractivity (Wildman–Crippen MR) is 71.1 cm³/mol. The van der Waals surface area contributed by atoms with E-state index in [0.29, 0.717) is 18.4 Å². The van der Waals surface area contributed by atoms with E-state index in [4.69, 9.17) is 10.5 Å². The maximum atomic E-state index is 11.8. The largest absolute Gasteiger partial charge is 0.371 e. The van der Waals surface area contributed by atoms with Crippen molar-refractivity contribution in [2.24, 2.45) is 17.6 Å². The van der Waals surface area contributed by atoms with Gasteiger partial charge in [-0.25, -0.2) is 0 Å². The number of hydrogen-bond acceptors (Lipinski definition) is 3. The van der Waals surface area contributed by atoms with Crippen LogP contribution in [0.2, 0.25) is 0 Å². The Morgan fingerprint density at radius 3 is 2.44 bits per heavy atom. The van der Waals surface area contributed by atoms with Crippen molar-refractivity contribution in [2.45, 2.75) is 38.5 Å². The quantitative estimate of drug-likeness (QED) is 0.806. The minimum Gasteiger partial charge on any atom is -0.371 e. The van der Waals surface area contributed by atoms with Gasteiger partial charge in [0.05, 0.1) is 6.61 Å². The Bertz CT molecular complexity index is 265. The molecule has 0 aromatic heterocycles. The third kappa shape index (κ3) is 3.69. The number of ether oxygens (including phenoxy) is 1. The predicted octanol–water partition coefficient (Wildman–Crippen LogP) is 1.39. The first-order valence-corrected chi connectivity index (χ1v) is 7.37. The van der Waals surface area contributed by atoms with E-state index in [9.17, 15) is 4.79 Å². The summed E-state index contributed by atoms with van der Waals surface area (Å²) in [5.74, 6) is 1.32. The molecule has 1 saturated carbocycles. The van der Waals surface area contributed by atoms with Gasteiger partial charge in [0.25, 0.3) is 0 Å². The number of amides is 1. The van der Waals surface area contributed by atoms with Crippen LogP contribution in [0.3, 0.4) is 0 Å². The third-order valence-electron chi connectivity index (χ3n) is 4.39. The maximum absolute atomic E-state index is 11.8. The van der Waals surface area contributed by atoms with Crippen LogP contribution >= 0.6 is 0 Å². The van der Waals surface area contributed by atoms with Crippen LogP contribution in [0.25, 0.3) is 0 Å². The normalized spacial score (nSPS) is 28.6. The fraction of sp³-hybridized carbons (Fsp3) is 0.929. The second kappa shape index (κ2) is 7.10. The van der Waals surface area contributed by atoms with Gasteiger partial charge in [-0.1, -0.05) is 12.8 Å². The molecule has 104 valence electrons. The first kappa shape index (κ1) is 13.8. The lowest BCUT2D eigenvalue weighted by Gasteiger charge is -2.30. The number of nitrogens with zero attached hydrogens (tertiary/aromatic N) is 1. The van der Waals surface area contributed by atoms with Gasteiger partial charge in [0.1, 0.15) is 6.61 Å². The Balaban J connectivity index is 1.65. The van der Waals surface area contributed by atoms with Crippen molar-refractivity contribution in [3.63, 3.8) is 0 Å². The Morgan fingerprint density at radius 1 is 1.11 bits per heavy atom. The topological polar surface area (TPSA) is 55.6 Å². The molecule has 1 amide bonds. The fourth-order valence-electron chi connectivity index (χ4n) is 3.17. The summed E-state index contributed by atoms with van der Waals surface area (Å²) >= 11 is 0. The molecule has 1 saturated heterocycles. The van der Waals surface area contributed by atoms with Crippen LogP contribution in [-0.2, 0) is 9.53 Å². The monoisotopic (exact) mass is 254 g/mol. The lowest BCUT2D eigenvalue weighted by molar-refractivity contribution is -0.135. The molecule has 2 N–H and O–H groups in total. The van der Waals surface area contributed by atoms with Gasteiger partial charge in [-0.15, -0.1) is 0 Å². The summed E-state index contributed by atoms with van der Waals surface area (Å²) in [6.07, 6.45) is 7.30. The van der Waals surface area contributed by atoms with E-state index in [0.717, 1.165) is 32.5 Å². The molecule has 18 heavy (non-hydrogen) atoms. The fourth-order valence-corrected chi connectivity index (χ4v) is 3.17. The molecule has 2 atom stereocenters. The van der Waals surface area contributed by atoms with Gasteiger partial charge >= 0.3 is 0 Å². The molecule has 0 aromatic carbocycles. The van der Waals surface area contributed by atoms with Gasteiger partial charge in [0.2, 0.25) is 5.91 Å². The van der Waals surface area contributed by atoms with Crippen molar-refractivity contribution in [2.75, 3.05) is 32.8 Å². The third-order valence-corrected chi connectivity index (χ3v) is 4.39. The lowest BCUT2D eigenvalue weighted by Crippen LogP contribution is -2.34. The van der Waals surface area contributed by atoms with Gasteiger partial charge in [-0.05, 0) is 44.1 Å². The van der Waals surface area contributed by atoms with E-state index >= 15 is 0 Å². The number of hydrogen-bond donors (Lipinski definition) is 1. The number of nitrogens with two attached hydrogens (primary N) is 1. The van der Waals surface area contributed by atoms with Gasteiger partial charge < -0.3 is 15.4 Å². The highest BCUT2D eigenvalue weighted by Crippen LogP contribution is 2.29. The molecule has 2 fully saturated rings. The molecule has 2 aliphatic rings. The van der Waals surface area contributed by atoms with Crippen LogP contribution in [-0.4, -0.2) is 43.7 Å². The van der Waals surface area contributed by atoms with Crippen molar-refractivity contribution >= 4 is 5.91 Å². The highest BCUT2D eigenvalue weighted by molar-refractivity contribution is 5.77. The Labute approximate surface area is 110 Å². The molecular formula is C14H26N2O2. The molecule has 0 radical (unpaired) electrons. The standard InChI is InChI=1S/C14H26N2O2/c15-9-12-5-1-2-6-13(12)10-18-11-14(17)16-7-3-4-8-16/h12-13H,1-11,15H2. The molecule has 2 rings (SSSR count). The molecule has 0 spiro atoms. The van der Waals surface area contributed by atoms with Crippen LogP contribution in [0, 0.1) is 11.8 Å². The molecule has 1 aliphatic heterocycles. The molecule has 0 bridgehead atoms. The van der Waals surface area contributed by atoms with Crippen molar-refractivity contribution in [3.05, 3.63) is 0 Å². The molecule has 1 heterocycles. The highest BCUT2D eigenvalue weighted by atomic mass is 16.5. The summed E-state index contributed by atoms with van der Waals surface area (Å²) in [6.45, 7) is 3.55. The average molecular weight is 254 g/mol. The van der Waals surface area contributed by atoms with Gasteiger partial charge in [-0.2, -0.15) is 0 Å². The number of likely N-dealkylation sites (tertiary alicyclic amines) is 1. The van der Waals surface area contributed by atoms with E-state index in [1.807, 2.05) is 4.90 Å². The average Bonchev–Trinajstić information content (AvgIpc) is 2.93. The first-order valence-electron chi connectivity index (χ1n) is 7.37. The van der Waals surface area contributed by atoms with Gasteiger partial charge in [-0.3, -0.25) is 4.79 Å². The molecular weight excluding hydrogens is 228 g/mol. The van der Waals surface area contributed by atoms with E-state index in [2.05, 4.69) is 0 Å². The van der Waals surface area contributed by atoms with Gasteiger partial charge in [0.15, 0.2) is 0 Å². The van der Waals surface area contributed by atoms with Crippen molar-refractivity contribution in [3.8, 4) is 0 Å². The lowest BCUT2D eigenvalue weighted by atomic mass is 9.80. The SMILES string of the molecule is NCC1CCCCC1COCC(=O)N1CCCC1. The van der Waals surface area contributed by atoms with Crippen molar-refractivity contribution in [1.29, 1.82) is 0 Å². The second-order valence-corrected chi connectivity index (χ2v) is 5.64. The van der Waals surface area contributed by atoms with Crippen LogP contribution in [0.15, 0.2) is 0 Å².